The first-order chi connectivity index (χ1) is 8.63. The number of rotatable bonds is 3. The number of benzene rings is 1. The van der Waals surface area contributed by atoms with E-state index in [-0.39, 0.29) is 5.91 Å². The van der Waals surface area contributed by atoms with E-state index in [9.17, 15) is 4.79 Å². The van der Waals surface area contributed by atoms with E-state index in [0.717, 1.165) is 17.3 Å². The normalized spacial score (nSPS) is 23.4. The second kappa shape index (κ2) is 5.89. The Morgan fingerprint density at radius 1 is 1.06 bits per heavy atom. The van der Waals surface area contributed by atoms with E-state index < -0.39 is 0 Å². The Kier molecular flexibility index (Phi) is 4.24. The molecule has 1 fully saturated rings. The van der Waals surface area contributed by atoms with E-state index in [1.165, 1.54) is 32.6 Å². The van der Waals surface area contributed by atoms with Crippen LogP contribution in [-0.2, 0) is 4.79 Å². The number of carbonyl (C=O) groups excluding carboxylic acids is 1. The number of amides is 1. The van der Waals surface area contributed by atoms with E-state index in [0.29, 0.717) is 6.04 Å². The van der Waals surface area contributed by atoms with Crippen molar-refractivity contribution in [2.45, 2.75) is 45.6 Å². The largest absolute Gasteiger partial charge is 0.382 e. The van der Waals surface area contributed by atoms with Gasteiger partial charge in [-0.2, -0.15) is 0 Å². The van der Waals surface area contributed by atoms with Crippen LogP contribution in [-0.4, -0.2) is 11.9 Å². The van der Waals surface area contributed by atoms with Gasteiger partial charge in [-0.1, -0.05) is 6.92 Å². The van der Waals surface area contributed by atoms with Gasteiger partial charge in [-0.05, 0) is 55.9 Å². The molecule has 18 heavy (non-hydrogen) atoms. The zero-order valence-electron chi connectivity index (χ0n) is 11.2. The van der Waals surface area contributed by atoms with Gasteiger partial charge in [0.25, 0.3) is 0 Å². The Morgan fingerprint density at radius 3 is 2.17 bits per heavy atom. The zero-order chi connectivity index (χ0) is 13.0. The number of anilines is 2. The second-order valence-electron chi connectivity index (χ2n) is 5.36. The highest BCUT2D eigenvalue weighted by Crippen LogP contribution is 2.26. The molecular formula is C15H22N2O. The smallest absolute Gasteiger partial charge is 0.221 e. The van der Waals surface area contributed by atoms with Gasteiger partial charge in [0.1, 0.15) is 0 Å². The van der Waals surface area contributed by atoms with Gasteiger partial charge in [-0.25, -0.2) is 0 Å². The average Bonchev–Trinajstić information content (AvgIpc) is 2.34. The molecular weight excluding hydrogens is 224 g/mol. The highest BCUT2D eigenvalue weighted by atomic mass is 16.1. The summed E-state index contributed by atoms with van der Waals surface area (Å²) in [7, 11) is 0. The third-order valence-corrected chi connectivity index (χ3v) is 3.59. The first-order valence-corrected chi connectivity index (χ1v) is 6.77. The molecule has 0 aliphatic heterocycles. The molecule has 1 aromatic carbocycles. The van der Waals surface area contributed by atoms with Gasteiger partial charge in [0, 0.05) is 24.3 Å². The maximum atomic E-state index is 10.9. The average molecular weight is 246 g/mol. The molecule has 3 nitrogen and oxygen atoms in total. The van der Waals surface area contributed by atoms with Gasteiger partial charge in [-0.3, -0.25) is 4.79 Å². The van der Waals surface area contributed by atoms with Gasteiger partial charge in [0.05, 0.1) is 0 Å². The van der Waals surface area contributed by atoms with Crippen LogP contribution in [0.2, 0.25) is 0 Å². The van der Waals surface area contributed by atoms with Crippen LogP contribution in [0.3, 0.4) is 0 Å². The summed E-state index contributed by atoms with van der Waals surface area (Å²) in [5.74, 6) is 0.849. The molecule has 1 aliphatic rings. The summed E-state index contributed by atoms with van der Waals surface area (Å²) < 4.78 is 0. The summed E-state index contributed by atoms with van der Waals surface area (Å²) in [6.45, 7) is 3.85. The van der Waals surface area contributed by atoms with Gasteiger partial charge < -0.3 is 10.6 Å². The van der Waals surface area contributed by atoms with E-state index in [2.05, 4.69) is 17.6 Å². The van der Waals surface area contributed by atoms with E-state index in [1.807, 2.05) is 24.3 Å². The number of hydrogen-bond donors (Lipinski definition) is 2. The number of nitrogens with one attached hydrogen (secondary N) is 2. The van der Waals surface area contributed by atoms with Crippen LogP contribution < -0.4 is 10.6 Å². The Morgan fingerprint density at radius 2 is 1.61 bits per heavy atom. The van der Waals surface area contributed by atoms with E-state index in [1.54, 1.807) is 0 Å². The third-order valence-electron chi connectivity index (χ3n) is 3.59. The van der Waals surface area contributed by atoms with E-state index >= 15 is 0 Å². The molecule has 98 valence electrons. The van der Waals surface area contributed by atoms with Crippen molar-refractivity contribution in [3.05, 3.63) is 24.3 Å². The Labute approximate surface area is 109 Å². The minimum Gasteiger partial charge on any atom is -0.382 e. The lowest BCUT2D eigenvalue weighted by Crippen LogP contribution is -2.25. The summed E-state index contributed by atoms with van der Waals surface area (Å²) in [5, 5.41) is 6.34. The van der Waals surface area contributed by atoms with Crippen molar-refractivity contribution in [3.63, 3.8) is 0 Å². The molecule has 0 aromatic heterocycles. The predicted molar refractivity (Wildman–Crippen MR) is 75.8 cm³/mol. The molecule has 2 rings (SSSR count). The molecule has 2 N–H and O–H groups in total. The van der Waals surface area contributed by atoms with Crippen LogP contribution in [0.5, 0.6) is 0 Å². The van der Waals surface area contributed by atoms with Crippen molar-refractivity contribution in [1.29, 1.82) is 0 Å². The third kappa shape index (κ3) is 3.76. The monoisotopic (exact) mass is 246 g/mol. The van der Waals surface area contributed by atoms with Crippen molar-refractivity contribution >= 4 is 17.3 Å². The van der Waals surface area contributed by atoms with Crippen LogP contribution in [0.1, 0.15) is 39.5 Å². The second-order valence-corrected chi connectivity index (χ2v) is 5.36. The van der Waals surface area contributed by atoms with Crippen LogP contribution in [0, 0.1) is 5.92 Å². The molecule has 0 saturated heterocycles. The molecule has 1 aromatic rings. The Bertz CT molecular complexity index is 391. The fraction of sp³-hybridized carbons (Fsp3) is 0.533. The lowest BCUT2D eigenvalue weighted by atomic mass is 9.87. The molecule has 0 unspecified atom stereocenters. The van der Waals surface area contributed by atoms with Crippen LogP contribution >= 0.6 is 0 Å². The molecule has 0 spiro atoms. The molecule has 0 atom stereocenters. The number of carbonyl (C=O) groups is 1. The minimum atomic E-state index is -0.0306. The van der Waals surface area contributed by atoms with Crippen molar-refractivity contribution in [3.8, 4) is 0 Å². The highest BCUT2D eigenvalue weighted by Gasteiger charge is 2.17. The fourth-order valence-electron chi connectivity index (χ4n) is 2.49. The summed E-state index contributed by atoms with van der Waals surface area (Å²) in [6, 6.07) is 8.55. The molecule has 3 heteroatoms. The van der Waals surface area contributed by atoms with Gasteiger partial charge >= 0.3 is 0 Å². The SMILES string of the molecule is CC(=O)Nc1ccc(NC2CCC(C)CC2)cc1. The zero-order valence-corrected chi connectivity index (χ0v) is 11.2. The summed E-state index contributed by atoms with van der Waals surface area (Å²) in [5.41, 5.74) is 1.99. The molecule has 0 radical (unpaired) electrons. The maximum absolute atomic E-state index is 10.9. The standard InChI is InChI=1S/C15H22N2O/c1-11-3-5-14(6-4-11)17-15-9-7-13(8-10-15)16-12(2)18/h7-11,14,17H,3-6H2,1-2H3,(H,16,18). The summed E-state index contributed by atoms with van der Waals surface area (Å²) >= 11 is 0. The minimum absolute atomic E-state index is 0.0306. The highest BCUT2D eigenvalue weighted by molar-refractivity contribution is 5.88. The topological polar surface area (TPSA) is 41.1 Å². The van der Waals surface area contributed by atoms with Gasteiger partial charge in [0.15, 0.2) is 0 Å². The fourth-order valence-corrected chi connectivity index (χ4v) is 2.49. The van der Waals surface area contributed by atoms with Crippen molar-refractivity contribution in [2.75, 3.05) is 10.6 Å². The van der Waals surface area contributed by atoms with Gasteiger partial charge in [-0.15, -0.1) is 0 Å². The molecule has 0 heterocycles. The lowest BCUT2D eigenvalue weighted by Gasteiger charge is -2.27. The summed E-state index contributed by atoms with van der Waals surface area (Å²) in [4.78, 5) is 10.9. The van der Waals surface area contributed by atoms with Crippen molar-refractivity contribution in [1.82, 2.24) is 0 Å². The maximum Gasteiger partial charge on any atom is 0.221 e. The van der Waals surface area contributed by atoms with E-state index in [4.69, 9.17) is 0 Å². The molecule has 0 bridgehead atoms. The first kappa shape index (κ1) is 12.9. The lowest BCUT2D eigenvalue weighted by molar-refractivity contribution is -0.114. The van der Waals surface area contributed by atoms with Crippen molar-refractivity contribution in [2.24, 2.45) is 5.92 Å². The van der Waals surface area contributed by atoms with Crippen molar-refractivity contribution < 1.29 is 4.79 Å². The quantitative estimate of drug-likeness (QED) is 0.855. The summed E-state index contributed by atoms with van der Waals surface area (Å²) in [6.07, 6.45) is 5.16. The first-order valence-electron chi connectivity index (χ1n) is 6.77. The van der Waals surface area contributed by atoms with Crippen LogP contribution in [0.25, 0.3) is 0 Å². The van der Waals surface area contributed by atoms with Gasteiger partial charge in [0.2, 0.25) is 5.91 Å². The molecule has 1 saturated carbocycles. The van der Waals surface area contributed by atoms with Crippen LogP contribution in [0.4, 0.5) is 11.4 Å². The molecule has 1 amide bonds. The Hall–Kier alpha value is -1.51. The van der Waals surface area contributed by atoms with Crippen LogP contribution in [0.15, 0.2) is 24.3 Å². The Balaban J connectivity index is 1.88. The number of hydrogen-bond acceptors (Lipinski definition) is 2. The molecule has 1 aliphatic carbocycles. The predicted octanol–water partition coefficient (Wildman–Crippen LogP) is 3.64.